The summed E-state index contributed by atoms with van der Waals surface area (Å²) in [6.45, 7) is 3.66. The molecule has 4 rings (SSSR count). The maximum Gasteiger partial charge on any atom is 0.227 e. The molecular weight excluding hydrogens is 350 g/mol. The monoisotopic (exact) mass is 375 g/mol. The van der Waals surface area contributed by atoms with Gasteiger partial charge in [-0.2, -0.15) is 4.98 Å². The van der Waals surface area contributed by atoms with Crippen molar-refractivity contribution in [2.75, 3.05) is 55.0 Å². The molecule has 0 atom stereocenters. The molecule has 0 unspecified atom stereocenters. The number of piperazine rings is 1. The van der Waals surface area contributed by atoms with Crippen LogP contribution in [0.15, 0.2) is 66.9 Å². The molecule has 1 aromatic heterocycles. The molecule has 1 aliphatic heterocycles. The van der Waals surface area contributed by atoms with Gasteiger partial charge in [0.15, 0.2) is 0 Å². The summed E-state index contributed by atoms with van der Waals surface area (Å²) >= 11 is 0. The Morgan fingerprint density at radius 1 is 0.857 bits per heavy atom. The van der Waals surface area contributed by atoms with Crippen molar-refractivity contribution < 1.29 is 4.74 Å². The molecule has 1 aliphatic rings. The molecule has 0 N–H and O–H groups in total. The van der Waals surface area contributed by atoms with Crippen LogP contribution >= 0.6 is 0 Å². The molecule has 0 spiro atoms. The first-order chi connectivity index (χ1) is 13.7. The lowest BCUT2D eigenvalue weighted by molar-refractivity contribution is 0.415. The number of rotatable bonds is 5. The molecule has 0 radical (unpaired) electrons. The van der Waals surface area contributed by atoms with Crippen molar-refractivity contribution in [1.82, 2.24) is 9.97 Å². The molecule has 2 heterocycles. The summed E-state index contributed by atoms with van der Waals surface area (Å²) in [6, 6.07) is 20.4. The zero-order valence-electron chi connectivity index (χ0n) is 16.3. The summed E-state index contributed by atoms with van der Waals surface area (Å²) < 4.78 is 5.25. The van der Waals surface area contributed by atoms with E-state index in [1.54, 1.807) is 7.11 Å². The first-order valence-electron chi connectivity index (χ1n) is 9.50. The lowest BCUT2D eigenvalue weighted by Crippen LogP contribution is -2.47. The van der Waals surface area contributed by atoms with Gasteiger partial charge in [-0.1, -0.05) is 18.2 Å². The van der Waals surface area contributed by atoms with E-state index in [-0.39, 0.29) is 0 Å². The normalized spacial score (nSPS) is 14.1. The highest BCUT2D eigenvalue weighted by Crippen LogP contribution is 2.24. The smallest absolute Gasteiger partial charge is 0.227 e. The number of benzene rings is 2. The van der Waals surface area contributed by atoms with Gasteiger partial charge in [0.25, 0.3) is 0 Å². The molecule has 0 bridgehead atoms. The molecule has 6 nitrogen and oxygen atoms in total. The molecule has 144 valence electrons. The Labute approximate surface area is 166 Å². The van der Waals surface area contributed by atoms with Crippen LogP contribution in [-0.2, 0) is 0 Å². The number of hydrogen-bond donors (Lipinski definition) is 0. The van der Waals surface area contributed by atoms with Gasteiger partial charge in [0.1, 0.15) is 11.6 Å². The minimum Gasteiger partial charge on any atom is -0.497 e. The van der Waals surface area contributed by atoms with Gasteiger partial charge in [-0.15, -0.1) is 0 Å². The van der Waals surface area contributed by atoms with Crippen molar-refractivity contribution in [2.45, 2.75) is 0 Å². The predicted octanol–water partition coefficient (Wildman–Crippen LogP) is 3.58. The van der Waals surface area contributed by atoms with Crippen molar-refractivity contribution in [3.8, 4) is 5.75 Å². The van der Waals surface area contributed by atoms with Crippen LogP contribution in [0.5, 0.6) is 5.75 Å². The quantitative estimate of drug-likeness (QED) is 0.679. The van der Waals surface area contributed by atoms with Crippen LogP contribution in [0.2, 0.25) is 0 Å². The van der Waals surface area contributed by atoms with Crippen molar-refractivity contribution in [1.29, 1.82) is 0 Å². The number of ether oxygens (including phenoxy) is 1. The second-order valence-corrected chi connectivity index (χ2v) is 6.78. The van der Waals surface area contributed by atoms with Gasteiger partial charge < -0.3 is 19.4 Å². The molecule has 3 aromatic rings. The average molecular weight is 375 g/mol. The summed E-state index contributed by atoms with van der Waals surface area (Å²) in [5, 5.41) is 0. The second-order valence-electron chi connectivity index (χ2n) is 6.78. The third kappa shape index (κ3) is 3.86. The van der Waals surface area contributed by atoms with E-state index < -0.39 is 0 Å². The van der Waals surface area contributed by atoms with Crippen LogP contribution in [0.1, 0.15) is 0 Å². The summed E-state index contributed by atoms with van der Waals surface area (Å²) in [7, 11) is 3.72. The number of aromatic nitrogens is 2. The first kappa shape index (κ1) is 18.1. The fourth-order valence-corrected chi connectivity index (χ4v) is 3.42. The molecule has 0 aliphatic carbocycles. The van der Waals surface area contributed by atoms with Crippen molar-refractivity contribution in [3.63, 3.8) is 0 Å². The van der Waals surface area contributed by atoms with E-state index in [9.17, 15) is 0 Å². The van der Waals surface area contributed by atoms with E-state index >= 15 is 0 Å². The molecule has 1 saturated heterocycles. The van der Waals surface area contributed by atoms with Crippen LogP contribution in [0.4, 0.5) is 23.1 Å². The van der Waals surface area contributed by atoms with E-state index in [1.165, 1.54) is 5.69 Å². The number of methoxy groups -OCH3 is 1. The van der Waals surface area contributed by atoms with E-state index in [1.807, 2.05) is 49.6 Å². The van der Waals surface area contributed by atoms with Gasteiger partial charge in [-0.3, -0.25) is 0 Å². The molecule has 1 fully saturated rings. The first-order valence-corrected chi connectivity index (χ1v) is 9.50. The third-order valence-electron chi connectivity index (χ3n) is 5.12. The highest BCUT2D eigenvalue weighted by molar-refractivity contribution is 5.60. The van der Waals surface area contributed by atoms with Gasteiger partial charge >= 0.3 is 0 Å². The molecule has 0 saturated carbocycles. The van der Waals surface area contributed by atoms with Gasteiger partial charge in [0.05, 0.1) is 7.11 Å². The number of nitrogens with zero attached hydrogens (tertiary/aromatic N) is 5. The minimum atomic E-state index is 0.787. The minimum absolute atomic E-state index is 0.787. The molecule has 2 aromatic carbocycles. The Balaban J connectivity index is 1.43. The Bertz CT molecular complexity index is 892. The Morgan fingerprint density at radius 2 is 1.54 bits per heavy atom. The standard InChI is InChI=1S/C22H25N5O/c1-25(18-6-4-3-5-7-18)21-12-13-23-22(24-21)27-16-14-26(15-17-27)19-8-10-20(28-2)11-9-19/h3-13H,14-17H2,1-2H3. The molecule has 6 heteroatoms. The fourth-order valence-electron chi connectivity index (χ4n) is 3.42. The Morgan fingerprint density at radius 3 is 2.21 bits per heavy atom. The van der Waals surface area contributed by atoms with Crippen LogP contribution in [0, 0.1) is 0 Å². The van der Waals surface area contributed by atoms with E-state index in [2.05, 4.69) is 43.9 Å². The lowest BCUT2D eigenvalue weighted by atomic mass is 10.2. The summed E-state index contributed by atoms with van der Waals surface area (Å²) in [6.07, 6.45) is 1.84. The Hall–Kier alpha value is -3.28. The summed E-state index contributed by atoms with van der Waals surface area (Å²) in [5.41, 5.74) is 2.33. The van der Waals surface area contributed by atoms with Crippen molar-refractivity contribution in [3.05, 3.63) is 66.9 Å². The second kappa shape index (κ2) is 8.17. The highest BCUT2D eigenvalue weighted by Gasteiger charge is 2.20. The van der Waals surface area contributed by atoms with Crippen LogP contribution in [0.3, 0.4) is 0 Å². The maximum absolute atomic E-state index is 5.25. The molecule has 28 heavy (non-hydrogen) atoms. The predicted molar refractivity (Wildman–Crippen MR) is 114 cm³/mol. The van der Waals surface area contributed by atoms with Gasteiger partial charge in [-0.25, -0.2) is 4.98 Å². The highest BCUT2D eigenvalue weighted by atomic mass is 16.5. The SMILES string of the molecule is COc1ccc(N2CCN(c3nccc(N(C)c4ccccc4)n3)CC2)cc1. The summed E-state index contributed by atoms with van der Waals surface area (Å²) in [4.78, 5) is 16.0. The van der Waals surface area contributed by atoms with Crippen LogP contribution in [0.25, 0.3) is 0 Å². The van der Waals surface area contributed by atoms with Crippen LogP contribution < -0.4 is 19.4 Å². The number of hydrogen-bond acceptors (Lipinski definition) is 6. The van der Waals surface area contributed by atoms with Gasteiger partial charge in [0, 0.05) is 50.8 Å². The fraction of sp³-hybridized carbons (Fsp3) is 0.273. The average Bonchev–Trinajstić information content (AvgIpc) is 2.79. The van der Waals surface area contributed by atoms with Crippen LogP contribution in [-0.4, -0.2) is 50.3 Å². The zero-order chi connectivity index (χ0) is 19.3. The van der Waals surface area contributed by atoms with E-state index in [4.69, 9.17) is 9.72 Å². The number of anilines is 4. The Kier molecular flexibility index (Phi) is 5.28. The van der Waals surface area contributed by atoms with Gasteiger partial charge in [-0.05, 0) is 42.5 Å². The van der Waals surface area contributed by atoms with Gasteiger partial charge in [0.2, 0.25) is 5.95 Å². The largest absolute Gasteiger partial charge is 0.497 e. The maximum atomic E-state index is 5.25. The molecule has 0 amide bonds. The van der Waals surface area contributed by atoms with Crippen molar-refractivity contribution >= 4 is 23.1 Å². The van der Waals surface area contributed by atoms with E-state index in [0.29, 0.717) is 0 Å². The third-order valence-corrected chi connectivity index (χ3v) is 5.12. The zero-order valence-corrected chi connectivity index (χ0v) is 16.3. The number of para-hydroxylation sites is 1. The van der Waals surface area contributed by atoms with E-state index in [0.717, 1.165) is 49.4 Å². The lowest BCUT2D eigenvalue weighted by Gasteiger charge is -2.36. The van der Waals surface area contributed by atoms with Crippen molar-refractivity contribution in [2.24, 2.45) is 0 Å². The topological polar surface area (TPSA) is 44.7 Å². The summed E-state index contributed by atoms with van der Waals surface area (Å²) in [5.74, 6) is 2.57. The molecular formula is C22H25N5O.